The molecule has 478 valence electrons. The number of nitrogens with two attached hydrogens (primary N) is 1. The van der Waals surface area contributed by atoms with Crippen LogP contribution in [-0.2, 0) is 25.7 Å². The molecule has 5 N–H and O–H groups in total. The summed E-state index contributed by atoms with van der Waals surface area (Å²) in [4.78, 5) is 82.2. The highest BCUT2D eigenvalue weighted by Gasteiger charge is 2.35. The smallest absolute Gasteiger partial charge is 0.261 e. The van der Waals surface area contributed by atoms with Crippen molar-refractivity contribution >= 4 is 35.4 Å². The standard InChI is InChI=1S/C24H18N2O2.C19H15NO2.C16H16N2.C11H12O.C8H5NO2.C2H6O.CH4/c27-23-21-11-1-2-12-22(21)24(28)26(23)16-6-9-18-7-5-8-19(17-18)13-14-20-10-3-4-15-25-20;1-2-14-7-5-8-15(13-14)9-6-12-20-18(21)16-10-3-4-11-17(16)19(20)22;17-11-4-7-14-5-3-6-15(13-14)9-10-16-8-1-2-12-18-16;1-2-10-5-3-6-11(9-10)7-4-8-12;10-7-5-3-1-2-4-6(5)8(11)9-7;1-2-3;/h1-5,7-8,10-12,15,17H,6,9,16H2;1,3-5,7-8,10-11,13H,6,9,12H2;1-3,5-6,8,12-13H,4,7,11,17H2;1,3,5-6,9,12H,4,7-8H2;1-4H,(H,9,10,11);3H,2H2,1H3;1H4. The number of hydrogen-bond acceptors (Lipinski definition) is 11. The molecule has 7 aromatic carbocycles. The van der Waals surface area contributed by atoms with E-state index < -0.39 is 0 Å². The molecule has 0 atom stereocenters. The van der Waals surface area contributed by atoms with E-state index >= 15 is 0 Å². The second kappa shape index (κ2) is 38.9. The molecule has 5 heterocycles. The summed E-state index contributed by atoms with van der Waals surface area (Å²) >= 11 is 0. The minimum Gasteiger partial charge on any atom is -0.397 e. The fourth-order valence-corrected chi connectivity index (χ4v) is 9.86. The first-order valence-electron chi connectivity index (χ1n) is 30.8. The molecule has 0 unspecified atom stereocenters. The predicted molar refractivity (Wildman–Crippen MR) is 373 cm³/mol. The number of carbonyl (C=O) groups excluding carboxylic acids is 6. The average molecular weight is 1260 g/mol. The van der Waals surface area contributed by atoms with Gasteiger partial charge in [0.15, 0.2) is 0 Å². The number of nitrogens with one attached hydrogen (secondary N) is 1. The van der Waals surface area contributed by atoms with Gasteiger partial charge in [0.2, 0.25) is 0 Å². The van der Waals surface area contributed by atoms with E-state index in [-0.39, 0.29) is 56.1 Å². The van der Waals surface area contributed by atoms with Gasteiger partial charge in [-0.15, -0.1) is 12.8 Å². The Balaban J connectivity index is 0.000000192. The van der Waals surface area contributed by atoms with Crippen LogP contribution in [0.15, 0.2) is 219 Å². The largest absolute Gasteiger partial charge is 0.397 e. The van der Waals surface area contributed by atoms with E-state index in [1.807, 2.05) is 121 Å². The summed E-state index contributed by atoms with van der Waals surface area (Å²) in [6, 6.07) is 64.0. The maximum absolute atomic E-state index is 12.4. The van der Waals surface area contributed by atoms with Gasteiger partial charge in [-0.1, -0.05) is 128 Å². The number of fused-ring (bicyclic) bond motifs is 3. The Morgan fingerprint density at radius 1 is 0.411 bits per heavy atom. The predicted octanol–water partition coefficient (Wildman–Crippen LogP) is 11.8. The van der Waals surface area contributed by atoms with Crippen molar-refractivity contribution in [1.82, 2.24) is 25.1 Å². The topological polar surface area (TPSA) is 213 Å². The summed E-state index contributed by atoms with van der Waals surface area (Å²) < 4.78 is 0. The van der Waals surface area contributed by atoms with E-state index in [0.717, 1.165) is 96.3 Å². The first-order chi connectivity index (χ1) is 45.9. The molecule has 3 aliphatic heterocycles. The fourth-order valence-electron chi connectivity index (χ4n) is 9.86. The fraction of sp³-hybridized carbons (Fsp3) is 0.185. The van der Waals surface area contributed by atoms with Crippen molar-refractivity contribution in [3.05, 3.63) is 308 Å². The van der Waals surface area contributed by atoms with Gasteiger partial charge < -0.3 is 15.9 Å². The quantitative estimate of drug-likeness (QED) is 0.0594. The van der Waals surface area contributed by atoms with Gasteiger partial charge >= 0.3 is 0 Å². The number of aliphatic hydroxyl groups excluding tert-OH is 2. The van der Waals surface area contributed by atoms with Crippen LogP contribution in [0.1, 0.15) is 158 Å². The number of nitrogens with zero attached hydrogens (tertiary/aromatic N) is 4. The third-order valence-corrected chi connectivity index (χ3v) is 14.4. The van der Waals surface area contributed by atoms with Crippen LogP contribution in [0.5, 0.6) is 0 Å². The van der Waals surface area contributed by atoms with Crippen molar-refractivity contribution in [2.75, 3.05) is 32.8 Å². The Morgan fingerprint density at radius 3 is 1.05 bits per heavy atom. The molecule has 0 radical (unpaired) electrons. The highest BCUT2D eigenvalue weighted by molar-refractivity contribution is 6.22. The maximum atomic E-state index is 12.4. The monoisotopic (exact) mass is 1260 g/mol. The Morgan fingerprint density at radius 2 is 0.726 bits per heavy atom. The number of hydrogen-bond donors (Lipinski definition) is 4. The highest BCUT2D eigenvalue weighted by atomic mass is 16.3. The molecule has 2 aromatic heterocycles. The highest BCUT2D eigenvalue weighted by Crippen LogP contribution is 2.25. The second-order valence-corrected chi connectivity index (χ2v) is 21.2. The number of terminal acetylenes is 2. The van der Waals surface area contributed by atoms with Crippen molar-refractivity contribution in [2.24, 2.45) is 5.73 Å². The maximum Gasteiger partial charge on any atom is 0.261 e. The number of benzene rings is 7. The van der Waals surface area contributed by atoms with Gasteiger partial charge in [-0.3, -0.25) is 43.9 Å². The van der Waals surface area contributed by atoms with E-state index in [9.17, 15) is 28.8 Å². The van der Waals surface area contributed by atoms with Crippen LogP contribution in [0.25, 0.3) is 0 Å². The van der Waals surface area contributed by atoms with E-state index in [1.165, 1.54) is 20.9 Å². The average Bonchev–Trinajstić information content (AvgIpc) is 1.66. The number of carbonyl (C=O) groups is 6. The number of rotatable bonds is 14. The summed E-state index contributed by atoms with van der Waals surface area (Å²) in [7, 11) is 0. The summed E-state index contributed by atoms with van der Waals surface area (Å²) in [6.45, 7) is 3.73. The van der Waals surface area contributed by atoms with E-state index in [4.69, 9.17) is 28.8 Å². The molecule has 14 nitrogen and oxygen atoms in total. The summed E-state index contributed by atoms with van der Waals surface area (Å²) in [5.74, 6) is 16.2. The van der Waals surface area contributed by atoms with Crippen molar-refractivity contribution in [1.29, 1.82) is 0 Å². The van der Waals surface area contributed by atoms with E-state index in [1.54, 1.807) is 92.1 Å². The molecular weight excluding hydrogens is 1180 g/mol. The van der Waals surface area contributed by atoms with Gasteiger partial charge in [-0.05, 0) is 208 Å². The third kappa shape index (κ3) is 22.0. The molecule has 12 rings (SSSR count). The molecule has 14 heteroatoms. The lowest BCUT2D eigenvalue weighted by atomic mass is 10.1. The zero-order valence-corrected chi connectivity index (χ0v) is 52.3. The SMILES string of the molecule is C.C#Cc1cccc(CCCN2C(=O)c3ccccc3C2=O)c1.C#Cc1cccc(CCCO)c1.CCO.NCCCc1cccc(C#Cc2ccccn2)c1.O=C1NC(=O)c2ccccc21.O=C1c2ccccc2C(=O)N1CCCc1cccc(C#Cc2ccccn2)c1. The van der Waals surface area contributed by atoms with Crippen LogP contribution in [0.2, 0.25) is 0 Å². The van der Waals surface area contributed by atoms with E-state index in [2.05, 4.69) is 62.9 Å². The van der Waals surface area contributed by atoms with Crippen LogP contribution >= 0.6 is 0 Å². The van der Waals surface area contributed by atoms with Gasteiger partial charge in [0.1, 0.15) is 11.4 Å². The Kier molecular flexibility index (Phi) is 29.7. The van der Waals surface area contributed by atoms with E-state index in [0.29, 0.717) is 52.9 Å². The Labute approximate surface area is 557 Å². The summed E-state index contributed by atoms with van der Waals surface area (Å²) in [6.07, 6.45) is 20.8. The normalized spacial score (nSPS) is 11.6. The number of pyridine rings is 2. The minimum absolute atomic E-state index is 0. The van der Waals surface area contributed by atoms with Crippen LogP contribution < -0.4 is 11.1 Å². The molecule has 95 heavy (non-hydrogen) atoms. The van der Waals surface area contributed by atoms with Crippen molar-refractivity contribution in [3.63, 3.8) is 0 Å². The van der Waals surface area contributed by atoms with Gasteiger partial charge in [0, 0.05) is 61.0 Å². The summed E-state index contributed by atoms with van der Waals surface area (Å²) in [5, 5.41) is 18.4. The third-order valence-electron chi connectivity index (χ3n) is 14.4. The van der Waals surface area contributed by atoms with Crippen molar-refractivity contribution in [3.8, 4) is 48.4 Å². The summed E-state index contributed by atoms with van der Waals surface area (Å²) in [5.41, 5.74) is 18.4. The van der Waals surface area contributed by atoms with Crippen molar-refractivity contribution < 1.29 is 39.0 Å². The number of aromatic nitrogens is 2. The van der Waals surface area contributed by atoms with Crippen LogP contribution in [0, 0.1) is 48.4 Å². The lowest BCUT2D eigenvalue weighted by Crippen LogP contribution is -2.30. The van der Waals surface area contributed by atoms with Gasteiger partial charge in [-0.2, -0.15) is 0 Å². The van der Waals surface area contributed by atoms with Gasteiger partial charge in [0.05, 0.1) is 33.4 Å². The lowest BCUT2D eigenvalue weighted by Gasteiger charge is -2.13. The first kappa shape index (κ1) is 72.4. The van der Waals surface area contributed by atoms with Crippen LogP contribution in [0.3, 0.4) is 0 Å². The molecule has 0 fully saturated rings. The molecule has 9 aromatic rings. The molecule has 0 bridgehead atoms. The molecule has 0 spiro atoms. The van der Waals surface area contributed by atoms with Gasteiger partial charge in [0.25, 0.3) is 35.4 Å². The lowest BCUT2D eigenvalue weighted by molar-refractivity contribution is 0.0637. The van der Waals surface area contributed by atoms with Crippen LogP contribution in [0.4, 0.5) is 0 Å². The molecule has 0 aliphatic carbocycles. The first-order valence-corrected chi connectivity index (χ1v) is 30.8. The Hall–Kier alpha value is -11.6. The Bertz CT molecular complexity index is 4200. The molecular formula is C81H76N6O8. The zero-order valence-electron chi connectivity index (χ0n) is 52.3. The van der Waals surface area contributed by atoms with Gasteiger partial charge in [-0.25, -0.2) is 9.97 Å². The van der Waals surface area contributed by atoms with Crippen molar-refractivity contribution in [2.45, 2.75) is 65.7 Å². The van der Waals surface area contributed by atoms with Crippen LogP contribution in [-0.4, -0.2) is 98.3 Å². The second-order valence-electron chi connectivity index (χ2n) is 21.2. The molecule has 6 amide bonds. The molecule has 3 aliphatic rings. The molecule has 0 saturated carbocycles. The number of amides is 6. The molecule has 0 saturated heterocycles. The number of aryl methyl sites for hydroxylation is 4. The minimum atomic E-state index is -0.300. The number of aliphatic hydroxyl groups is 2. The zero-order chi connectivity index (χ0) is 66.9. The number of imide groups is 3.